The summed E-state index contributed by atoms with van der Waals surface area (Å²) in [5.41, 5.74) is 3.60. The van der Waals surface area contributed by atoms with Crippen LogP contribution in [0.3, 0.4) is 0 Å². The standard InChI is InChI=1S/C20H28O/c1-3-14-5-9-19-18-7-4-13-12-15(21)6-8-16(13)17(18)10-11-20(14,19)2/h6,8,12,14,17-19,21H,3-5,7,9-11H2,1-2H3/t14-,17+,18+,19-,20+/m0/s1. The van der Waals surface area contributed by atoms with E-state index < -0.39 is 0 Å². The number of hydrogen-bond acceptors (Lipinski definition) is 1. The Morgan fingerprint density at radius 1 is 1.19 bits per heavy atom. The predicted octanol–water partition coefficient (Wildman–Crippen LogP) is 5.27. The van der Waals surface area contributed by atoms with Gasteiger partial charge in [-0.2, -0.15) is 0 Å². The fourth-order valence-corrected chi connectivity index (χ4v) is 6.35. The number of rotatable bonds is 1. The highest BCUT2D eigenvalue weighted by Gasteiger charge is 2.53. The van der Waals surface area contributed by atoms with Crippen molar-refractivity contribution < 1.29 is 5.11 Å². The van der Waals surface area contributed by atoms with Crippen LogP contribution in [0.15, 0.2) is 18.2 Å². The summed E-state index contributed by atoms with van der Waals surface area (Å²) in [5.74, 6) is 4.02. The predicted molar refractivity (Wildman–Crippen MR) is 86.5 cm³/mol. The minimum Gasteiger partial charge on any atom is -0.508 e. The van der Waals surface area contributed by atoms with E-state index >= 15 is 0 Å². The van der Waals surface area contributed by atoms with Gasteiger partial charge in [-0.15, -0.1) is 0 Å². The van der Waals surface area contributed by atoms with Gasteiger partial charge in [0, 0.05) is 0 Å². The van der Waals surface area contributed by atoms with Gasteiger partial charge < -0.3 is 5.11 Å². The molecule has 1 nitrogen and oxygen atoms in total. The molecule has 1 aromatic rings. The van der Waals surface area contributed by atoms with Crippen LogP contribution in [-0.2, 0) is 6.42 Å². The average molecular weight is 284 g/mol. The van der Waals surface area contributed by atoms with Crippen molar-refractivity contribution in [2.45, 2.75) is 64.7 Å². The van der Waals surface area contributed by atoms with Crippen molar-refractivity contribution in [3.63, 3.8) is 0 Å². The molecule has 21 heavy (non-hydrogen) atoms. The van der Waals surface area contributed by atoms with E-state index in [1.54, 1.807) is 5.56 Å². The first-order valence-electron chi connectivity index (χ1n) is 8.95. The zero-order valence-electron chi connectivity index (χ0n) is 13.4. The summed E-state index contributed by atoms with van der Waals surface area (Å²) in [4.78, 5) is 0. The second-order valence-corrected chi connectivity index (χ2v) is 8.03. The van der Waals surface area contributed by atoms with Crippen molar-refractivity contribution in [1.82, 2.24) is 0 Å². The molecule has 0 bridgehead atoms. The van der Waals surface area contributed by atoms with Gasteiger partial charge in [0.25, 0.3) is 0 Å². The second-order valence-electron chi connectivity index (χ2n) is 8.03. The molecule has 3 aliphatic rings. The molecular weight excluding hydrogens is 256 g/mol. The van der Waals surface area contributed by atoms with Gasteiger partial charge in [0.15, 0.2) is 0 Å². The number of hydrogen-bond donors (Lipinski definition) is 1. The smallest absolute Gasteiger partial charge is 0.115 e. The van der Waals surface area contributed by atoms with E-state index in [2.05, 4.69) is 19.9 Å². The summed E-state index contributed by atoms with van der Waals surface area (Å²) >= 11 is 0. The number of fused-ring (bicyclic) bond motifs is 5. The molecule has 1 heteroatoms. The monoisotopic (exact) mass is 284 g/mol. The summed E-state index contributed by atoms with van der Waals surface area (Å²) in [6, 6.07) is 6.14. The third-order valence-corrected chi connectivity index (χ3v) is 7.40. The largest absolute Gasteiger partial charge is 0.508 e. The number of phenolic OH excluding ortho intramolecular Hbond substituents is 1. The molecule has 1 aromatic carbocycles. The molecule has 0 spiro atoms. The second kappa shape index (κ2) is 4.76. The van der Waals surface area contributed by atoms with Gasteiger partial charge in [-0.25, -0.2) is 0 Å². The summed E-state index contributed by atoms with van der Waals surface area (Å²) in [5, 5.41) is 9.74. The van der Waals surface area contributed by atoms with Crippen molar-refractivity contribution >= 4 is 0 Å². The maximum Gasteiger partial charge on any atom is 0.115 e. The Bertz CT molecular complexity index is 549. The molecule has 0 unspecified atom stereocenters. The molecule has 0 aliphatic heterocycles. The van der Waals surface area contributed by atoms with Gasteiger partial charge in [-0.3, -0.25) is 0 Å². The normalized spacial score (nSPS) is 41.2. The highest BCUT2D eigenvalue weighted by Crippen LogP contribution is 2.63. The first kappa shape index (κ1) is 13.7. The van der Waals surface area contributed by atoms with Crippen LogP contribution in [0.4, 0.5) is 0 Å². The highest BCUT2D eigenvalue weighted by molar-refractivity contribution is 5.40. The van der Waals surface area contributed by atoms with Gasteiger partial charge in [0.2, 0.25) is 0 Å². The number of aromatic hydroxyl groups is 1. The first-order chi connectivity index (χ1) is 10.1. The summed E-state index contributed by atoms with van der Waals surface area (Å²) in [6.07, 6.45) is 9.59. The molecule has 0 heterocycles. The van der Waals surface area contributed by atoms with Crippen molar-refractivity contribution in [2.24, 2.45) is 23.2 Å². The lowest BCUT2D eigenvalue weighted by Crippen LogP contribution is -2.42. The minimum atomic E-state index is 0.444. The topological polar surface area (TPSA) is 20.2 Å². The van der Waals surface area contributed by atoms with Crippen molar-refractivity contribution in [2.75, 3.05) is 0 Å². The van der Waals surface area contributed by atoms with Gasteiger partial charge in [-0.05, 0) is 90.9 Å². The molecule has 0 radical (unpaired) electrons. The van der Waals surface area contributed by atoms with E-state index in [-0.39, 0.29) is 0 Å². The van der Waals surface area contributed by atoms with E-state index in [0.717, 1.165) is 23.7 Å². The van der Waals surface area contributed by atoms with E-state index in [4.69, 9.17) is 0 Å². The summed E-state index contributed by atoms with van der Waals surface area (Å²) in [6.45, 7) is 4.99. The van der Waals surface area contributed by atoms with Crippen LogP contribution in [0.1, 0.15) is 69.4 Å². The van der Waals surface area contributed by atoms with Crippen LogP contribution in [0, 0.1) is 23.2 Å². The molecule has 2 fully saturated rings. The van der Waals surface area contributed by atoms with Crippen molar-refractivity contribution in [1.29, 1.82) is 0 Å². The van der Waals surface area contributed by atoms with Crippen LogP contribution in [0.5, 0.6) is 5.75 Å². The SMILES string of the molecule is CC[C@H]1CC[C@H]2[C@@H]3CCc4cc(O)ccc4[C@H]3CC[C@]12C. The molecule has 4 rings (SSSR count). The molecule has 3 aliphatic carbocycles. The highest BCUT2D eigenvalue weighted by atomic mass is 16.3. The molecule has 0 aromatic heterocycles. The van der Waals surface area contributed by atoms with Gasteiger partial charge in [0.1, 0.15) is 5.75 Å². The average Bonchev–Trinajstić information content (AvgIpc) is 2.83. The summed E-state index contributed by atoms with van der Waals surface area (Å²) < 4.78 is 0. The van der Waals surface area contributed by atoms with Crippen LogP contribution >= 0.6 is 0 Å². The first-order valence-corrected chi connectivity index (χ1v) is 8.95. The van der Waals surface area contributed by atoms with E-state index in [9.17, 15) is 5.11 Å². The van der Waals surface area contributed by atoms with E-state index in [1.165, 1.54) is 50.5 Å². The zero-order valence-corrected chi connectivity index (χ0v) is 13.4. The molecule has 1 N–H and O–H groups in total. The molecule has 0 amide bonds. The Morgan fingerprint density at radius 2 is 2.05 bits per heavy atom. The Labute approximate surface area is 128 Å². The quantitative estimate of drug-likeness (QED) is 0.744. The van der Waals surface area contributed by atoms with Gasteiger partial charge in [-0.1, -0.05) is 26.3 Å². The maximum absolute atomic E-state index is 9.74. The fourth-order valence-electron chi connectivity index (χ4n) is 6.35. The third kappa shape index (κ3) is 1.89. The Kier molecular flexibility index (Phi) is 3.10. The Hall–Kier alpha value is -0.980. The Morgan fingerprint density at radius 3 is 2.86 bits per heavy atom. The zero-order chi connectivity index (χ0) is 14.6. The number of phenols is 1. The Balaban J connectivity index is 1.68. The maximum atomic E-state index is 9.74. The molecule has 5 atom stereocenters. The van der Waals surface area contributed by atoms with Crippen LogP contribution in [-0.4, -0.2) is 5.11 Å². The molecular formula is C20H28O. The molecule has 2 saturated carbocycles. The molecule has 114 valence electrons. The lowest BCUT2D eigenvalue weighted by atomic mass is 9.54. The fraction of sp³-hybridized carbons (Fsp3) is 0.700. The van der Waals surface area contributed by atoms with Crippen LogP contribution in [0.25, 0.3) is 0 Å². The lowest BCUT2D eigenvalue weighted by Gasteiger charge is -2.51. The minimum absolute atomic E-state index is 0.444. The van der Waals surface area contributed by atoms with Gasteiger partial charge in [0.05, 0.1) is 0 Å². The number of aryl methyl sites for hydroxylation is 1. The third-order valence-electron chi connectivity index (χ3n) is 7.40. The van der Waals surface area contributed by atoms with E-state index in [0.29, 0.717) is 11.2 Å². The van der Waals surface area contributed by atoms with Crippen molar-refractivity contribution in [3.05, 3.63) is 29.3 Å². The number of benzene rings is 1. The van der Waals surface area contributed by atoms with Gasteiger partial charge >= 0.3 is 0 Å². The van der Waals surface area contributed by atoms with E-state index in [1.807, 2.05) is 12.1 Å². The van der Waals surface area contributed by atoms with Crippen LogP contribution < -0.4 is 0 Å². The van der Waals surface area contributed by atoms with Crippen LogP contribution in [0.2, 0.25) is 0 Å². The van der Waals surface area contributed by atoms with Crippen molar-refractivity contribution in [3.8, 4) is 5.75 Å². The lowest BCUT2D eigenvalue weighted by molar-refractivity contribution is 0.0273. The summed E-state index contributed by atoms with van der Waals surface area (Å²) in [7, 11) is 0. The molecule has 0 saturated heterocycles.